The quantitative estimate of drug-likeness (QED) is 0.105. The van der Waals surface area contributed by atoms with Crippen molar-refractivity contribution < 1.29 is 8.83 Å². The normalized spacial score (nSPS) is 11.7. The molecule has 22 aromatic rings. The van der Waals surface area contributed by atoms with E-state index in [9.17, 15) is 0 Å². The number of benzene rings is 18. The predicted octanol–water partition coefficient (Wildman–Crippen LogP) is 28.1. The second kappa shape index (κ2) is 27.3. The SMILES string of the molecule is c1ccc(-c2nc(-c3ccc(-c4ccccc4-c4ccccc4-c4ccccc4)c4ccccc34)nc(-c3cc(-c4cccc(-c5cccc(-c6c7ccccc7c(-c7ccc(-c8nc(-c9ccccc9)nc(-c9cccc%10c9oc9ccccc9%10)n8)c8ccccc78)c7ccccc67)c5)c4)cc4c3oc3ccccc34)n2)cc1. The molecular formula is C106H64N6O2. The lowest BCUT2D eigenvalue weighted by atomic mass is 9.83. The summed E-state index contributed by atoms with van der Waals surface area (Å²) in [6, 6.07) is 137. The fourth-order valence-corrected chi connectivity index (χ4v) is 17.2. The highest BCUT2D eigenvalue weighted by atomic mass is 16.3. The van der Waals surface area contributed by atoms with Crippen molar-refractivity contribution in [2.45, 2.75) is 0 Å². The average Bonchev–Trinajstić information content (AvgIpc) is 0.803. The molecule has 530 valence electrons. The first-order chi connectivity index (χ1) is 56.5. The van der Waals surface area contributed by atoms with Crippen LogP contribution in [0.15, 0.2) is 397 Å². The Labute approximate surface area is 656 Å². The first-order valence-electron chi connectivity index (χ1n) is 38.5. The van der Waals surface area contributed by atoms with Crippen LogP contribution in [0, 0.1) is 0 Å². The zero-order valence-electron chi connectivity index (χ0n) is 61.5. The van der Waals surface area contributed by atoms with E-state index in [0.29, 0.717) is 40.5 Å². The van der Waals surface area contributed by atoms with Gasteiger partial charge in [-0.2, -0.15) is 0 Å². The van der Waals surface area contributed by atoms with Crippen molar-refractivity contribution in [1.29, 1.82) is 0 Å². The second-order valence-electron chi connectivity index (χ2n) is 29.0. The minimum absolute atomic E-state index is 0.501. The Hall–Kier alpha value is -15.4. The molecule has 114 heavy (non-hydrogen) atoms. The topological polar surface area (TPSA) is 104 Å². The molecule has 22 rings (SSSR count). The number of aromatic nitrogens is 6. The lowest BCUT2D eigenvalue weighted by Crippen LogP contribution is -2.01. The van der Waals surface area contributed by atoms with Crippen LogP contribution in [-0.4, -0.2) is 29.9 Å². The summed E-state index contributed by atoms with van der Waals surface area (Å²) in [6.45, 7) is 0. The maximum absolute atomic E-state index is 6.96. The van der Waals surface area contributed by atoms with Crippen molar-refractivity contribution in [3.05, 3.63) is 388 Å². The first kappa shape index (κ1) is 65.7. The van der Waals surface area contributed by atoms with Gasteiger partial charge in [0.15, 0.2) is 34.9 Å². The van der Waals surface area contributed by atoms with E-state index in [1.807, 2.05) is 84.9 Å². The Bertz CT molecular complexity index is 7560. The van der Waals surface area contributed by atoms with Gasteiger partial charge in [-0.05, 0) is 176 Å². The van der Waals surface area contributed by atoms with Crippen molar-refractivity contribution >= 4 is 87.0 Å². The lowest BCUT2D eigenvalue weighted by Gasteiger charge is -2.20. The highest BCUT2D eigenvalue weighted by Crippen LogP contribution is 2.50. The Morgan fingerprint density at radius 1 is 0.140 bits per heavy atom. The van der Waals surface area contributed by atoms with Gasteiger partial charge < -0.3 is 8.83 Å². The summed E-state index contributed by atoms with van der Waals surface area (Å²) < 4.78 is 13.6. The second-order valence-corrected chi connectivity index (χ2v) is 29.0. The summed E-state index contributed by atoms with van der Waals surface area (Å²) >= 11 is 0. The van der Waals surface area contributed by atoms with Crippen LogP contribution < -0.4 is 0 Å². The van der Waals surface area contributed by atoms with Gasteiger partial charge in [-0.3, -0.25) is 0 Å². The van der Waals surface area contributed by atoms with E-state index in [2.05, 4.69) is 303 Å². The van der Waals surface area contributed by atoms with Gasteiger partial charge in [-0.25, -0.2) is 29.9 Å². The van der Waals surface area contributed by atoms with Crippen molar-refractivity contribution in [2.24, 2.45) is 0 Å². The summed E-state index contributed by atoms with van der Waals surface area (Å²) in [5.74, 6) is 3.30. The largest absolute Gasteiger partial charge is 0.455 e. The standard InChI is InChI=1S/C106H64N6O2/c1-4-29-65(30-5-1)73-39-10-11-40-74(73)75-41-12-13-42-76(75)81-57-59-90(79-45-16-14-43-77(79)81)104-108-102(67-33-8-3-9-34-67)110-106(112-104)94-64-72(63-93-83-48-23-25-56-96(83)114-100(93)94)70-37-26-35-68(61-70)69-36-27-38-71(62-69)97-84-49-18-20-51-86(84)98(87-52-21-19-50-85(87)97)88-58-60-91(80-46-17-15-44-78(80)88)103-107-101(66-31-6-2-7-32-66)109-105(111-103)92-54-28-53-89-82-47-22-24-55-95(82)113-99(89)92/h1-64H. The first-order valence-corrected chi connectivity index (χ1v) is 38.5. The fourth-order valence-electron chi connectivity index (χ4n) is 17.2. The van der Waals surface area contributed by atoms with Crippen molar-refractivity contribution in [3.63, 3.8) is 0 Å². The molecule has 8 nitrogen and oxygen atoms in total. The average molecular weight is 1450 g/mol. The monoisotopic (exact) mass is 1450 g/mol. The van der Waals surface area contributed by atoms with E-state index >= 15 is 0 Å². The van der Waals surface area contributed by atoms with Crippen LogP contribution in [0.4, 0.5) is 0 Å². The van der Waals surface area contributed by atoms with Gasteiger partial charge in [0, 0.05) is 43.8 Å². The Morgan fingerprint density at radius 2 is 0.456 bits per heavy atom. The van der Waals surface area contributed by atoms with E-state index in [-0.39, 0.29) is 0 Å². The van der Waals surface area contributed by atoms with Crippen molar-refractivity contribution in [3.8, 4) is 146 Å². The number of nitrogens with zero attached hydrogens (tertiary/aromatic N) is 6. The molecular weight excluding hydrogens is 1390 g/mol. The highest BCUT2D eigenvalue weighted by Gasteiger charge is 2.26. The summed E-state index contributed by atoms with van der Waals surface area (Å²) in [6.07, 6.45) is 0. The molecule has 0 N–H and O–H groups in total. The Balaban J connectivity index is 0.653. The molecule has 0 fully saturated rings. The summed E-state index contributed by atoms with van der Waals surface area (Å²) in [5, 5.41) is 12.8. The van der Waals surface area contributed by atoms with Gasteiger partial charge in [0.1, 0.15) is 22.3 Å². The number of rotatable bonds is 13. The Kier molecular flexibility index (Phi) is 15.7. The van der Waals surface area contributed by atoms with Crippen molar-refractivity contribution in [1.82, 2.24) is 29.9 Å². The molecule has 0 aliphatic heterocycles. The van der Waals surface area contributed by atoms with Crippen LogP contribution in [0.3, 0.4) is 0 Å². The molecule has 0 unspecified atom stereocenters. The lowest BCUT2D eigenvalue weighted by molar-refractivity contribution is 0.669. The number of hydrogen-bond acceptors (Lipinski definition) is 8. The molecule has 0 amide bonds. The molecule has 0 atom stereocenters. The number of furan rings is 2. The molecule has 4 aromatic heterocycles. The summed E-state index contributed by atoms with van der Waals surface area (Å²) in [7, 11) is 0. The highest BCUT2D eigenvalue weighted by molar-refractivity contribution is 6.24. The smallest absolute Gasteiger partial charge is 0.167 e. The van der Waals surface area contributed by atoms with Crippen LogP contribution in [0.5, 0.6) is 0 Å². The third-order valence-electron chi connectivity index (χ3n) is 22.4. The molecule has 8 heteroatoms. The summed E-state index contributed by atoms with van der Waals surface area (Å²) in [4.78, 5) is 32.2. The zero-order chi connectivity index (χ0) is 75.2. The minimum Gasteiger partial charge on any atom is -0.455 e. The molecule has 4 heterocycles. The molecule has 0 saturated heterocycles. The zero-order valence-corrected chi connectivity index (χ0v) is 61.5. The van der Waals surface area contributed by atoms with E-state index in [1.54, 1.807) is 0 Å². The van der Waals surface area contributed by atoms with E-state index in [0.717, 1.165) is 176 Å². The maximum atomic E-state index is 6.96. The third kappa shape index (κ3) is 11.2. The van der Waals surface area contributed by atoms with Gasteiger partial charge in [0.05, 0.1) is 11.1 Å². The van der Waals surface area contributed by atoms with Gasteiger partial charge in [-0.1, -0.05) is 334 Å². The molecule has 0 bridgehead atoms. The van der Waals surface area contributed by atoms with E-state index in [1.165, 1.54) is 16.7 Å². The van der Waals surface area contributed by atoms with Gasteiger partial charge in [0.25, 0.3) is 0 Å². The van der Waals surface area contributed by atoms with Crippen LogP contribution in [0.25, 0.3) is 233 Å². The molecule has 18 aromatic carbocycles. The van der Waals surface area contributed by atoms with Gasteiger partial charge in [0.2, 0.25) is 0 Å². The molecule has 0 aliphatic rings. The van der Waals surface area contributed by atoms with Crippen LogP contribution in [0.2, 0.25) is 0 Å². The maximum Gasteiger partial charge on any atom is 0.167 e. The van der Waals surface area contributed by atoms with Gasteiger partial charge >= 0.3 is 0 Å². The molecule has 0 aliphatic carbocycles. The molecule has 0 spiro atoms. The van der Waals surface area contributed by atoms with E-state index in [4.69, 9.17) is 38.7 Å². The number of hydrogen-bond donors (Lipinski definition) is 0. The van der Waals surface area contributed by atoms with Crippen LogP contribution >= 0.6 is 0 Å². The van der Waals surface area contributed by atoms with E-state index < -0.39 is 0 Å². The number of fused-ring (bicyclic) bond motifs is 10. The van der Waals surface area contributed by atoms with Crippen LogP contribution in [-0.2, 0) is 0 Å². The van der Waals surface area contributed by atoms with Gasteiger partial charge in [-0.15, -0.1) is 0 Å². The van der Waals surface area contributed by atoms with Crippen molar-refractivity contribution in [2.75, 3.05) is 0 Å². The summed E-state index contributed by atoms with van der Waals surface area (Å²) in [5.41, 5.74) is 23.8. The predicted molar refractivity (Wildman–Crippen MR) is 468 cm³/mol. The third-order valence-corrected chi connectivity index (χ3v) is 22.4. The minimum atomic E-state index is 0.501. The molecule has 0 radical (unpaired) electrons. The molecule has 0 saturated carbocycles. The van der Waals surface area contributed by atoms with Crippen LogP contribution in [0.1, 0.15) is 0 Å². The number of para-hydroxylation sites is 3. The fraction of sp³-hybridized carbons (Fsp3) is 0. The Morgan fingerprint density at radius 3 is 1.00 bits per heavy atom.